The number of imide groups is 1. The van der Waals surface area contributed by atoms with Gasteiger partial charge in [-0.25, -0.2) is 4.79 Å². The van der Waals surface area contributed by atoms with E-state index in [1.54, 1.807) is 18.2 Å². The van der Waals surface area contributed by atoms with Gasteiger partial charge in [0.1, 0.15) is 5.75 Å². The zero-order valence-electron chi connectivity index (χ0n) is 9.37. The summed E-state index contributed by atoms with van der Waals surface area (Å²) in [6.45, 7) is 0. The maximum absolute atomic E-state index is 12.0. The number of ether oxygens (including phenoxy) is 1. The number of anilines is 1. The first-order valence-electron chi connectivity index (χ1n) is 5.21. The average molecular weight is 247 g/mol. The van der Waals surface area contributed by atoms with E-state index in [1.807, 2.05) is 0 Å². The summed E-state index contributed by atoms with van der Waals surface area (Å²) in [6.07, 6.45) is 0. The van der Waals surface area contributed by atoms with Crippen LogP contribution in [-0.2, 0) is 15.1 Å². The number of rotatable bonds is 1. The van der Waals surface area contributed by atoms with E-state index in [1.165, 1.54) is 7.11 Å². The summed E-state index contributed by atoms with van der Waals surface area (Å²) in [5, 5.41) is 7.00. The molecule has 2 aliphatic rings. The lowest BCUT2D eigenvalue weighted by molar-refractivity contribution is -0.132. The largest absolute Gasteiger partial charge is 0.497 e. The SMILES string of the molecule is COc1ccc2c(c1)C1(NC(=O)NC1=O)C(=O)N2. The molecule has 7 nitrogen and oxygen atoms in total. The fraction of sp³-hybridized carbons (Fsp3) is 0.182. The fourth-order valence-corrected chi connectivity index (χ4v) is 2.21. The molecule has 1 aromatic carbocycles. The first-order chi connectivity index (χ1) is 8.57. The topological polar surface area (TPSA) is 96.5 Å². The molecule has 0 aliphatic carbocycles. The van der Waals surface area contributed by atoms with Gasteiger partial charge in [0.2, 0.25) is 5.54 Å². The van der Waals surface area contributed by atoms with Gasteiger partial charge in [-0.15, -0.1) is 0 Å². The van der Waals surface area contributed by atoms with Gasteiger partial charge >= 0.3 is 6.03 Å². The minimum Gasteiger partial charge on any atom is -0.497 e. The average Bonchev–Trinajstić information content (AvgIpc) is 2.79. The van der Waals surface area contributed by atoms with Gasteiger partial charge in [-0.05, 0) is 18.2 Å². The molecule has 1 unspecified atom stereocenters. The summed E-state index contributed by atoms with van der Waals surface area (Å²) in [4.78, 5) is 35.1. The standard InChI is InChI=1S/C11H9N3O4/c1-18-5-2-3-7-6(4-5)11(8(15)12-7)9(16)13-10(17)14-11/h2-4H,1H3,(H,12,15)(H2,13,14,16,17). The maximum atomic E-state index is 12.0. The highest BCUT2D eigenvalue weighted by Crippen LogP contribution is 2.39. The van der Waals surface area contributed by atoms with Crippen molar-refractivity contribution in [2.45, 2.75) is 5.54 Å². The van der Waals surface area contributed by atoms with Gasteiger partial charge in [0.05, 0.1) is 7.11 Å². The van der Waals surface area contributed by atoms with Crippen molar-refractivity contribution in [3.05, 3.63) is 23.8 Å². The Balaban J connectivity index is 2.22. The number of urea groups is 1. The van der Waals surface area contributed by atoms with Crippen LogP contribution < -0.4 is 20.7 Å². The van der Waals surface area contributed by atoms with Gasteiger partial charge < -0.3 is 15.4 Å². The minimum atomic E-state index is -1.68. The van der Waals surface area contributed by atoms with Gasteiger partial charge in [0.25, 0.3) is 11.8 Å². The zero-order valence-corrected chi connectivity index (χ0v) is 9.37. The molecule has 0 radical (unpaired) electrons. The van der Waals surface area contributed by atoms with Gasteiger partial charge in [-0.2, -0.15) is 0 Å². The van der Waals surface area contributed by atoms with Crippen molar-refractivity contribution in [3.8, 4) is 5.75 Å². The third kappa shape index (κ3) is 1.10. The molecule has 7 heteroatoms. The van der Waals surface area contributed by atoms with Crippen LogP contribution in [0, 0.1) is 0 Å². The Morgan fingerprint density at radius 1 is 1.11 bits per heavy atom. The van der Waals surface area contributed by atoms with E-state index in [0.717, 1.165) is 0 Å². The molecule has 1 atom stereocenters. The van der Waals surface area contributed by atoms with Crippen molar-refractivity contribution >= 4 is 23.5 Å². The molecule has 1 saturated heterocycles. The molecular weight excluding hydrogens is 238 g/mol. The molecule has 1 spiro atoms. The van der Waals surface area contributed by atoms with E-state index in [2.05, 4.69) is 16.0 Å². The zero-order chi connectivity index (χ0) is 12.9. The molecule has 0 saturated carbocycles. The molecule has 0 bridgehead atoms. The van der Waals surface area contributed by atoms with Crippen LogP contribution in [0.1, 0.15) is 5.56 Å². The van der Waals surface area contributed by atoms with E-state index in [-0.39, 0.29) is 0 Å². The Morgan fingerprint density at radius 3 is 2.44 bits per heavy atom. The number of hydrogen-bond donors (Lipinski definition) is 3. The van der Waals surface area contributed by atoms with Gasteiger partial charge in [0.15, 0.2) is 0 Å². The lowest BCUT2D eigenvalue weighted by Crippen LogP contribution is -2.49. The van der Waals surface area contributed by atoms with Crippen molar-refractivity contribution in [3.63, 3.8) is 0 Å². The van der Waals surface area contributed by atoms with Crippen LogP contribution in [-0.4, -0.2) is 25.0 Å². The Bertz CT molecular complexity index is 598. The highest BCUT2D eigenvalue weighted by Gasteiger charge is 2.58. The van der Waals surface area contributed by atoms with Crippen LogP contribution in [0.25, 0.3) is 0 Å². The predicted octanol–water partition coefficient (Wildman–Crippen LogP) is -0.318. The van der Waals surface area contributed by atoms with E-state index in [9.17, 15) is 14.4 Å². The van der Waals surface area contributed by atoms with Crippen LogP contribution in [0.3, 0.4) is 0 Å². The van der Waals surface area contributed by atoms with E-state index in [4.69, 9.17) is 4.74 Å². The summed E-state index contributed by atoms with van der Waals surface area (Å²) >= 11 is 0. The lowest BCUT2D eigenvalue weighted by atomic mass is 9.91. The lowest BCUT2D eigenvalue weighted by Gasteiger charge is -2.17. The first-order valence-corrected chi connectivity index (χ1v) is 5.21. The number of carbonyl (C=O) groups excluding carboxylic acids is 3. The van der Waals surface area contributed by atoms with Crippen molar-refractivity contribution in [2.75, 3.05) is 12.4 Å². The highest BCUT2D eigenvalue weighted by molar-refractivity contribution is 6.27. The molecule has 4 amide bonds. The predicted molar refractivity (Wildman–Crippen MR) is 60.0 cm³/mol. The van der Waals surface area contributed by atoms with Crippen LogP contribution >= 0.6 is 0 Å². The number of fused-ring (bicyclic) bond motifs is 2. The van der Waals surface area contributed by atoms with Crippen LogP contribution in [0.15, 0.2) is 18.2 Å². The molecule has 18 heavy (non-hydrogen) atoms. The van der Waals surface area contributed by atoms with Gasteiger partial charge in [-0.3, -0.25) is 14.9 Å². The van der Waals surface area contributed by atoms with Crippen molar-refractivity contribution in [2.24, 2.45) is 0 Å². The Labute approximate surface area is 101 Å². The second-order valence-electron chi connectivity index (χ2n) is 4.02. The second kappa shape index (κ2) is 3.22. The van der Waals surface area contributed by atoms with Gasteiger partial charge in [-0.1, -0.05) is 0 Å². The third-order valence-electron chi connectivity index (χ3n) is 3.09. The van der Waals surface area contributed by atoms with E-state index in [0.29, 0.717) is 17.0 Å². The summed E-state index contributed by atoms with van der Waals surface area (Å²) in [7, 11) is 1.48. The highest BCUT2D eigenvalue weighted by atomic mass is 16.5. The van der Waals surface area contributed by atoms with Crippen LogP contribution in [0.4, 0.5) is 10.5 Å². The summed E-state index contributed by atoms with van der Waals surface area (Å²) in [5.74, 6) is -0.760. The second-order valence-corrected chi connectivity index (χ2v) is 4.02. The first kappa shape index (κ1) is 10.6. The smallest absolute Gasteiger partial charge is 0.323 e. The van der Waals surface area contributed by atoms with Crippen molar-refractivity contribution < 1.29 is 19.1 Å². The minimum absolute atomic E-state index is 0.384. The molecule has 2 heterocycles. The number of amides is 4. The van der Waals surface area contributed by atoms with Crippen molar-refractivity contribution in [1.82, 2.24) is 10.6 Å². The van der Waals surface area contributed by atoms with Crippen LogP contribution in [0.5, 0.6) is 5.75 Å². The summed E-state index contributed by atoms with van der Waals surface area (Å²) < 4.78 is 5.06. The molecule has 3 N–H and O–H groups in total. The normalized spacial score (nSPS) is 24.6. The quantitative estimate of drug-likeness (QED) is 0.468. The monoisotopic (exact) mass is 247 g/mol. The molecule has 1 aromatic rings. The molecule has 92 valence electrons. The Hall–Kier alpha value is -2.57. The Morgan fingerprint density at radius 2 is 1.83 bits per heavy atom. The van der Waals surface area contributed by atoms with E-state index < -0.39 is 23.4 Å². The number of methoxy groups -OCH3 is 1. The molecule has 1 fully saturated rings. The number of hydrogen-bond acceptors (Lipinski definition) is 4. The molecule has 0 aromatic heterocycles. The number of benzene rings is 1. The van der Waals surface area contributed by atoms with Crippen LogP contribution in [0.2, 0.25) is 0 Å². The Kier molecular flexibility index (Phi) is 1.89. The third-order valence-corrected chi connectivity index (χ3v) is 3.09. The number of carbonyl (C=O) groups is 3. The van der Waals surface area contributed by atoms with E-state index >= 15 is 0 Å². The summed E-state index contributed by atoms with van der Waals surface area (Å²) in [5.41, 5.74) is -0.811. The number of nitrogens with one attached hydrogen (secondary N) is 3. The molecule has 3 rings (SSSR count). The summed E-state index contributed by atoms with van der Waals surface area (Å²) in [6, 6.07) is 4.15. The molecule has 2 aliphatic heterocycles. The maximum Gasteiger partial charge on any atom is 0.323 e. The molecular formula is C11H9N3O4. The van der Waals surface area contributed by atoms with Crippen molar-refractivity contribution in [1.29, 1.82) is 0 Å². The van der Waals surface area contributed by atoms with Gasteiger partial charge in [0, 0.05) is 11.3 Å². The fourth-order valence-electron chi connectivity index (χ4n) is 2.21.